The van der Waals surface area contributed by atoms with Crippen LogP contribution in [0.3, 0.4) is 0 Å². The summed E-state index contributed by atoms with van der Waals surface area (Å²) in [6.07, 6.45) is 1.58. The van der Waals surface area contributed by atoms with Crippen LogP contribution in [-0.2, 0) is 9.84 Å². The van der Waals surface area contributed by atoms with Crippen LogP contribution in [0.4, 0.5) is 4.39 Å². The van der Waals surface area contributed by atoms with E-state index in [1.54, 1.807) is 6.92 Å². The molecule has 102 valence electrons. The van der Waals surface area contributed by atoms with Gasteiger partial charge >= 0.3 is 0 Å². The fourth-order valence-electron chi connectivity index (χ4n) is 1.51. The Bertz CT molecular complexity index is 500. The maximum Gasteiger partial charge on any atom is 0.147 e. The minimum Gasteiger partial charge on any atom is -0.493 e. The lowest BCUT2D eigenvalue weighted by molar-refractivity contribution is 0.312. The molecule has 0 heterocycles. The smallest absolute Gasteiger partial charge is 0.147 e. The molecule has 1 rings (SSSR count). The van der Waals surface area contributed by atoms with Crippen LogP contribution < -0.4 is 10.5 Å². The Hall–Kier alpha value is -1.14. The Morgan fingerprint density at radius 2 is 2.11 bits per heavy atom. The van der Waals surface area contributed by atoms with Crippen molar-refractivity contribution in [2.24, 2.45) is 5.73 Å². The average Bonchev–Trinajstić information content (AvgIpc) is 2.24. The molecule has 0 aliphatic rings. The molecule has 0 bridgehead atoms. The van der Waals surface area contributed by atoms with Crippen molar-refractivity contribution in [1.82, 2.24) is 0 Å². The predicted molar refractivity (Wildman–Crippen MR) is 68.8 cm³/mol. The van der Waals surface area contributed by atoms with E-state index in [4.69, 9.17) is 10.5 Å². The van der Waals surface area contributed by atoms with Gasteiger partial charge in [0.2, 0.25) is 0 Å². The quantitative estimate of drug-likeness (QED) is 0.802. The summed E-state index contributed by atoms with van der Waals surface area (Å²) in [5.74, 6) is 0.201. The molecule has 0 aliphatic carbocycles. The number of sulfone groups is 1. The van der Waals surface area contributed by atoms with Gasteiger partial charge in [-0.3, -0.25) is 0 Å². The highest BCUT2D eigenvalue weighted by molar-refractivity contribution is 7.90. The predicted octanol–water partition coefficient (Wildman–Crippen LogP) is 1.66. The van der Waals surface area contributed by atoms with Gasteiger partial charge in [0.1, 0.15) is 21.4 Å². The minimum absolute atomic E-state index is 0.0711. The van der Waals surface area contributed by atoms with Crippen molar-refractivity contribution in [1.29, 1.82) is 0 Å². The van der Waals surface area contributed by atoms with E-state index in [1.165, 1.54) is 24.5 Å². The van der Waals surface area contributed by atoms with Gasteiger partial charge in [0.15, 0.2) is 0 Å². The van der Waals surface area contributed by atoms with Crippen LogP contribution >= 0.6 is 0 Å². The monoisotopic (exact) mass is 275 g/mol. The van der Waals surface area contributed by atoms with Gasteiger partial charge < -0.3 is 10.5 Å². The second kappa shape index (κ2) is 6.15. The summed E-state index contributed by atoms with van der Waals surface area (Å²) < 4.78 is 40.4. The molecular weight excluding hydrogens is 257 g/mol. The highest BCUT2D eigenvalue weighted by Gasteiger charge is 2.10. The number of nitrogens with two attached hydrogens (primary N) is 1. The van der Waals surface area contributed by atoms with Gasteiger partial charge in [0.25, 0.3) is 0 Å². The van der Waals surface area contributed by atoms with Gasteiger partial charge in [0.05, 0.1) is 12.4 Å². The van der Waals surface area contributed by atoms with Crippen LogP contribution in [0, 0.1) is 5.82 Å². The summed E-state index contributed by atoms with van der Waals surface area (Å²) in [6, 6.07) is 3.79. The Balaban J connectivity index is 2.62. The van der Waals surface area contributed by atoms with E-state index in [2.05, 4.69) is 0 Å². The van der Waals surface area contributed by atoms with Crippen LogP contribution in [0.2, 0.25) is 0 Å². The molecule has 0 fully saturated rings. The fraction of sp³-hybridized carbons (Fsp3) is 0.500. The first kappa shape index (κ1) is 14.9. The molecule has 0 amide bonds. The molecule has 2 N–H and O–H groups in total. The van der Waals surface area contributed by atoms with E-state index in [1.807, 2.05) is 0 Å². The fourth-order valence-corrected chi connectivity index (χ4v) is 2.15. The summed E-state index contributed by atoms with van der Waals surface area (Å²) >= 11 is 0. The first-order valence-corrected chi connectivity index (χ1v) is 7.71. The molecule has 6 heteroatoms. The third kappa shape index (κ3) is 5.01. The summed E-state index contributed by atoms with van der Waals surface area (Å²) in [4.78, 5) is 0. The zero-order valence-corrected chi connectivity index (χ0v) is 11.3. The molecule has 1 atom stereocenters. The van der Waals surface area contributed by atoms with Crippen LogP contribution in [0.15, 0.2) is 18.2 Å². The number of hydrogen-bond acceptors (Lipinski definition) is 4. The van der Waals surface area contributed by atoms with Crippen LogP contribution in [-0.4, -0.2) is 27.0 Å². The zero-order chi connectivity index (χ0) is 13.8. The van der Waals surface area contributed by atoms with E-state index in [0.29, 0.717) is 17.7 Å². The molecule has 1 aromatic rings. The Morgan fingerprint density at radius 1 is 1.44 bits per heavy atom. The zero-order valence-electron chi connectivity index (χ0n) is 10.5. The van der Waals surface area contributed by atoms with Gasteiger partial charge in [-0.1, -0.05) is 0 Å². The maximum atomic E-state index is 13.1. The van der Waals surface area contributed by atoms with Gasteiger partial charge in [-0.25, -0.2) is 12.8 Å². The van der Waals surface area contributed by atoms with Gasteiger partial charge in [-0.05, 0) is 31.5 Å². The molecular formula is C12H18FNO3S. The van der Waals surface area contributed by atoms with Crippen molar-refractivity contribution in [3.05, 3.63) is 29.6 Å². The summed E-state index contributed by atoms with van der Waals surface area (Å²) in [7, 11) is -2.98. The number of benzene rings is 1. The third-order valence-corrected chi connectivity index (χ3v) is 3.41. The van der Waals surface area contributed by atoms with Crippen molar-refractivity contribution in [2.45, 2.75) is 19.4 Å². The summed E-state index contributed by atoms with van der Waals surface area (Å²) in [6.45, 7) is 2.00. The number of ether oxygens (including phenoxy) is 1. The van der Waals surface area contributed by atoms with Crippen molar-refractivity contribution >= 4 is 9.84 Å². The Kier molecular flexibility index (Phi) is 5.10. The van der Waals surface area contributed by atoms with Crippen molar-refractivity contribution in [2.75, 3.05) is 18.6 Å². The third-order valence-electron chi connectivity index (χ3n) is 2.38. The summed E-state index contributed by atoms with van der Waals surface area (Å²) in [5.41, 5.74) is 6.29. The molecule has 0 spiro atoms. The number of hydrogen-bond donors (Lipinski definition) is 1. The topological polar surface area (TPSA) is 69.4 Å². The van der Waals surface area contributed by atoms with Crippen LogP contribution in [0.25, 0.3) is 0 Å². The Morgan fingerprint density at radius 3 is 2.67 bits per heavy atom. The van der Waals surface area contributed by atoms with Gasteiger partial charge in [-0.2, -0.15) is 0 Å². The van der Waals surface area contributed by atoms with Gasteiger partial charge in [0, 0.05) is 17.9 Å². The number of rotatable bonds is 6. The molecule has 0 unspecified atom stereocenters. The van der Waals surface area contributed by atoms with E-state index >= 15 is 0 Å². The highest BCUT2D eigenvalue weighted by atomic mass is 32.2. The van der Waals surface area contributed by atoms with Crippen molar-refractivity contribution < 1.29 is 17.5 Å². The molecule has 1 aromatic carbocycles. The molecule has 0 saturated heterocycles. The molecule has 0 aliphatic heterocycles. The van der Waals surface area contributed by atoms with Crippen molar-refractivity contribution in [3.8, 4) is 5.75 Å². The van der Waals surface area contributed by atoms with Gasteiger partial charge in [-0.15, -0.1) is 0 Å². The van der Waals surface area contributed by atoms with E-state index in [-0.39, 0.29) is 24.2 Å². The average molecular weight is 275 g/mol. The molecule has 18 heavy (non-hydrogen) atoms. The summed E-state index contributed by atoms with van der Waals surface area (Å²) in [5, 5.41) is 0. The van der Waals surface area contributed by atoms with Crippen LogP contribution in [0.5, 0.6) is 5.75 Å². The van der Waals surface area contributed by atoms with E-state index in [0.717, 1.165) is 0 Å². The SMILES string of the molecule is C[C@@H](N)c1cc(F)ccc1OCCCS(C)(=O)=O. The first-order valence-electron chi connectivity index (χ1n) is 5.65. The molecule has 0 saturated carbocycles. The first-order chi connectivity index (χ1) is 8.29. The number of halogens is 1. The normalized spacial score (nSPS) is 13.3. The van der Waals surface area contributed by atoms with E-state index < -0.39 is 9.84 Å². The second-order valence-electron chi connectivity index (χ2n) is 4.30. The van der Waals surface area contributed by atoms with E-state index in [9.17, 15) is 12.8 Å². The molecule has 4 nitrogen and oxygen atoms in total. The lowest BCUT2D eigenvalue weighted by Gasteiger charge is -2.13. The standard InChI is InChI=1S/C12H18FNO3S/c1-9(14)11-8-10(13)4-5-12(11)17-6-3-7-18(2,15)16/h4-5,8-9H,3,6-7,14H2,1-2H3/t9-/m1/s1. The molecule has 0 aromatic heterocycles. The lowest BCUT2D eigenvalue weighted by Crippen LogP contribution is -2.11. The van der Waals surface area contributed by atoms with Crippen molar-refractivity contribution in [3.63, 3.8) is 0 Å². The lowest BCUT2D eigenvalue weighted by atomic mass is 10.1. The molecule has 0 radical (unpaired) electrons. The highest BCUT2D eigenvalue weighted by Crippen LogP contribution is 2.24. The van der Waals surface area contributed by atoms with Crippen LogP contribution in [0.1, 0.15) is 24.9 Å². The second-order valence-corrected chi connectivity index (χ2v) is 6.56. The maximum absolute atomic E-state index is 13.1. The largest absolute Gasteiger partial charge is 0.493 e. The minimum atomic E-state index is -2.98. The Labute approximate surface area is 107 Å².